The number of esters is 1. The van der Waals surface area contributed by atoms with Crippen molar-refractivity contribution in [3.63, 3.8) is 0 Å². The van der Waals surface area contributed by atoms with Gasteiger partial charge in [-0.2, -0.15) is 0 Å². The largest absolute Gasteiger partial charge is 0.481 e. The van der Waals surface area contributed by atoms with Gasteiger partial charge in [-0.05, 0) is 25.0 Å². The van der Waals surface area contributed by atoms with Gasteiger partial charge in [0.2, 0.25) is 0 Å². The maximum absolute atomic E-state index is 11.9. The Labute approximate surface area is 393 Å². The summed E-state index contributed by atoms with van der Waals surface area (Å²) in [5, 5.41) is 8.67. The number of carboxylic acid groups (broad SMARTS) is 1. The average molecular weight is 882 g/mol. The smallest absolute Gasteiger partial charge is 0.311 e. The third-order valence-electron chi connectivity index (χ3n) is 13.7. The SMILES string of the molecule is O=C(O)CCCCCCCCCCCCCCCCCCCCCCCCCCCCCCCCCCCCCCCCCCCCCCCCCCCC(=O)Oc1ccccc1. The summed E-state index contributed by atoms with van der Waals surface area (Å²) in [7, 11) is 0. The summed E-state index contributed by atoms with van der Waals surface area (Å²) in [5.41, 5.74) is 0. The minimum atomic E-state index is -0.649. The first-order chi connectivity index (χ1) is 31.2. The van der Waals surface area contributed by atoms with E-state index < -0.39 is 5.97 Å². The number of carboxylic acids is 1. The average Bonchev–Trinajstić information content (AvgIpc) is 3.28. The standard InChI is InChI=1S/C59H108O4/c60-58(61)55-51-46-44-42-40-38-36-34-32-30-28-26-24-22-20-18-16-14-12-10-8-6-4-2-1-3-5-7-9-11-13-15-17-19-21-23-25-27-29-31-33-35-37-39-41-43-45-47-52-56-59(62)63-57-53-49-48-50-54-57/h48-50,53-54H,1-47,51-52,55-56H2,(H,60,61). The van der Waals surface area contributed by atoms with E-state index in [0.717, 1.165) is 25.7 Å². The topological polar surface area (TPSA) is 63.6 Å². The fourth-order valence-corrected chi connectivity index (χ4v) is 9.53. The zero-order chi connectivity index (χ0) is 45.0. The van der Waals surface area contributed by atoms with Gasteiger partial charge in [-0.25, -0.2) is 0 Å². The third-order valence-corrected chi connectivity index (χ3v) is 13.7. The molecule has 0 saturated carbocycles. The van der Waals surface area contributed by atoms with Crippen LogP contribution in [0.15, 0.2) is 30.3 Å². The van der Waals surface area contributed by atoms with Gasteiger partial charge < -0.3 is 9.84 Å². The van der Waals surface area contributed by atoms with Crippen LogP contribution < -0.4 is 4.74 Å². The summed E-state index contributed by atoms with van der Waals surface area (Å²) in [5.74, 6) is -0.0957. The lowest BCUT2D eigenvalue weighted by Gasteiger charge is -2.05. The number of benzene rings is 1. The molecule has 368 valence electrons. The zero-order valence-corrected chi connectivity index (χ0v) is 42.1. The minimum absolute atomic E-state index is 0.102. The van der Waals surface area contributed by atoms with Crippen LogP contribution in [0.3, 0.4) is 0 Å². The van der Waals surface area contributed by atoms with E-state index in [-0.39, 0.29) is 5.97 Å². The van der Waals surface area contributed by atoms with Crippen molar-refractivity contribution in [3.05, 3.63) is 30.3 Å². The molecule has 1 aromatic carbocycles. The van der Waals surface area contributed by atoms with Crippen LogP contribution in [0, 0.1) is 0 Å². The number of hydrogen-bond donors (Lipinski definition) is 1. The summed E-state index contributed by atoms with van der Waals surface area (Å²) in [6.45, 7) is 0. The molecule has 0 unspecified atom stereocenters. The van der Waals surface area contributed by atoms with Gasteiger partial charge in [0, 0.05) is 12.8 Å². The van der Waals surface area contributed by atoms with Crippen LogP contribution in [0.25, 0.3) is 0 Å². The summed E-state index contributed by atoms with van der Waals surface area (Å²) < 4.78 is 5.36. The molecule has 4 heteroatoms. The molecule has 1 N–H and O–H groups in total. The number of carbonyl (C=O) groups excluding carboxylic acids is 1. The monoisotopic (exact) mass is 881 g/mol. The lowest BCUT2D eigenvalue weighted by Crippen LogP contribution is -2.07. The van der Waals surface area contributed by atoms with Crippen LogP contribution >= 0.6 is 0 Å². The summed E-state index contributed by atoms with van der Waals surface area (Å²) in [6, 6.07) is 9.40. The number of carbonyl (C=O) groups is 2. The highest BCUT2D eigenvalue weighted by Crippen LogP contribution is 2.19. The Morgan fingerprint density at radius 2 is 0.444 bits per heavy atom. The van der Waals surface area contributed by atoms with E-state index in [1.165, 1.54) is 289 Å². The highest BCUT2D eigenvalue weighted by atomic mass is 16.5. The molecule has 1 rings (SSSR count). The van der Waals surface area contributed by atoms with Crippen molar-refractivity contribution in [1.82, 2.24) is 0 Å². The Bertz CT molecular complexity index is 1040. The molecule has 0 atom stereocenters. The molecular formula is C59H108O4. The van der Waals surface area contributed by atoms with Crippen LogP contribution in [0.5, 0.6) is 5.75 Å². The molecule has 0 radical (unpaired) electrons. The third kappa shape index (κ3) is 49.4. The number of unbranched alkanes of at least 4 members (excludes halogenated alkanes) is 48. The van der Waals surface area contributed by atoms with Gasteiger partial charge in [0.05, 0.1) is 0 Å². The molecule has 0 amide bonds. The van der Waals surface area contributed by atoms with E-state index in [9.17, 15) is 9.59 Å². The van der Waals surface area contributed by atoms with E-state index in [2.05, 4.69) is 0 Å². The molecule has 0 aromatic heterocycles. The van der Waals surface area contributed by atoms with Gasteiger partial charge in [-0.15, -0.1) is 0 Å². The lowest BCUT2D eigenvalue weighted by atomic mass is 10.0. The predicted molar refractivity (Wildman–Crippen MR) is 275 cm³/mol. The zero-order valence-electron chi connectivity index (χ0n) is 42.1. The van der Waals surface area contributed by atoms with Crippen LogP contribution in [0.2, 0.25) is 0 Å². The summed E-state index contributed by atoms with van der Waals surface area (Å²) in [6.07, 6.45) is 69.2. The van der Waals surface area contributed by atoms with Crippen LogP contribution in [0.1, 0.15) is 327 Å². The van der Waals surface area contributed by atoms with Crippen molar-refractivity contribution >= 4 is 11.9 Å². The molecule has 1 aromatic rings. The molecule has 0 saturated heterocycles. The van der Waals surface area contributed by atoms with E-state index in [4.69, 9.17) is 9.84 Å². The number of para-hydroxylation sites is 1. The lowest BCUT2D eigenvalue weighted by molar-refractivity contribution is -0.137. The van der Waals surface area contributed by atoms with Gasteiger partial charge in [-0.3, -0.25) is 9.59 Å². The maximum Gasteiger partial charge on any atom is 0.311 e. The number of hydrogen-bond acceptors (Lipinski definition) is 3. The quantitative estimate of drug-likeness (QED) is 0.0402. The van der Waals surface area contributed by atoms with Crippen molar-refractivity contribution in [1.29, 1.82) is 0 Å². The first-order valence-corrected chi connectivity index (χ1v) is 28.7. The van der Waals surface area contributed by atoms with Gasteiger partial charge in [0.1, 0.15) is 5.75 Å². The summed E-state index contributed by atoms with van der Waals surface area (Å²) >= 11 is 0. The molecule has 0 fully saturated rings. The first kappa shape index (κ1) is 59.2. The van der Waals surface area contributed by atoms with Crippen LogP contribution in [-0.4, -0.2) is 17.0 Å². The first-order valence-electron chi connectivity index (χ1n) is 28.7. The molecular weight excluding hydrogens is 773 g/mol. The highest BCUT2D eigenvalue weighted by molar-refractivity contribution is 5.72. The van der Waals surface area contributed by atoms with Crippen molar-refractivity contribution in [3.8, 4) is 5.75 Å². The van der Waals surface area contributed by atoms with Gasteiger partial charge in [0.25, 0.3) is 0 Å². The number of aliphatic carboxylic acids is 1. The molecule has 0 aliphatic carbocycles. The van der Waals surface area contributed by atoms with Crippen LogP contribution in [0.4, 0.5) is 0 Å². The predicted octanol–water partition coefficient (Wildman–Crippen LogP) is 20.6. The van der Waals surface area contributed by atoms with E-state index in [0.29, 0.717) is 18.6 Å². The fraction of sp³-hybridized carbons (Fsp3) is 0.864. The second-order valence-electron chi connectivity index (χ2n) is 20.0. The second-order valence-corrected chi connectivity index (χ2v) is 20.0. The molecule has 0 spiro atoms. The normalized spacial score (nSPS) is 11.4. The van der Waals surface area contributed by atoms with Gasteiger partial charge >= 0.3 is 11.9 Å². The molecule has 0 aliphatic rings. The number of rotatable bonds is 53. The molecule has 0 bridgehead atoms. The minimum Gasteiger partial charge on any atom is -0.481 e. The van der Waals surface area contributed by atoms with Crippen molar-refractivity contribution in [2.75, 3.05) is 0 Å². The maximum atomic E-state index is 11.9. The van der Waals surface area contributed by atoms with E-state index in [1.54, 1.807) is 0 Å². The van der Waals surface area contributed by atoms with E-state index in [1.807, 2.05) is 30.3 Å². The fourth-order valence-electron chi connectivity index (χ4n) is 9.53. The highest BCUT2D eigenvalue weighted by Gasteiger charge is 2.05. The Morgan fingerprint density at radius 1 is 0.270 bits per heavy atom. The Balaban J connectivity index is 1.61. The Morgan fingerprint density at radius 3 is 0.635 bits per heavy atom. The van der Waals surface area contributed by atoms with Gasteiger partial charge in [-0.1, -0.05) is 320 Å². The summed E-state index contributed by atoms with van der Waals surface area (Å²) in [4.78, 5) is 22.4. The Hall–Kier alpha value is -1.84. The van der Waals surface area contributed by atoms with Crippen molar-refractivity contribution < 1.29 is 19.4 Å². The van der Waals surface area contributed by atoms with Crippen molar-refractivity contribution in [2.45, 2.75) is 327 Å². The van der Waals surface area contributed by atoms with Gasteiger partial charge in [0.15, 0.2) is 0 Å². The Kier molecular flexibility index (Phi) is 48.0. The second kappa shape index (κ2) is 51.1. The molecule has 0 aliphatic heterocycles. The molecule has 4 nitrogen and oxygen atoms in total. The molecule has 63 heavy (non-hydrogen) atoms. The van der Waals surface area contributed by atoms with Crippen molar-refractivity contribution in [2.24, 2.45) is 0 Å². The van der Waals surface area contributed by atoms with Crippen LogP contribution in [-0.2, 0) is 9.59 Å². The molecule has 0 heterocycles. The number of ether oxygens (including phenoxy) is 1. The van der Waals surface area contributed by atoms with E-state index >= 15 is 0 Å².